The number of ether oxygens (including phenoxy) is 1. The van der Waals surface area contributed by atoms with E-state index in [0.717, 1.165) is 5.56 Å². The Bertz CT molecular complexity index is 1170. The van der Waals surface area contributed by atoms with Crippen molar-refractivity contribution in [3.8, 4) is 17.0 Å². The highest BCUT2D eigenvalue weighted by Gasteiger charge is 2.19. The number of halogens is 1. The number of methoxy groups -OCH3 is 1. The van der Waals surface area contributed by atoms with Gasteiger partial charge >= 0.3 is 0 Å². The molecule has 4 aromatic rings. The smallest absolute Gasteiger partial charge is 0.256 e. The summed E-state index contributed by atoms with van der Waals surface area (Å²) in [5, 5.41) is 2.89. The Morgan fingerprint density at radius 2 is 1.82 bits per heavy atom. The molecule has 0 bridgehead atoms. The lowest BCUT2D eigenvalue weighted by atomic mass is 10.1. The number of carbonyl (C=O) groups is 1. The molecule has 6 heteroatoms. The number of fused-ring (bicyclic) bond motifs is 1. The van der Waals surface area contributed by atoms with Gasteiger partial charge in [0.1, 0.15) is 28.7 Å². The van der Waals surface area contributed by atoms with Crippen LogP contribution in [0.15, 0.2) is 66.9 Å². The van der Waals surface area contributed by atoms with Crippen LogP contribution >= 0.6 is 0 Å². The van der Waals surface area contributed by atoms with Crippen LogP contribution in [0.2, 0.25) is 0 Å². The number of aryl methyl sites for hydroxylation is 1. The molecule has 2 aromatic heterocycles. The molecule has 0 unspecified atom stereocenters. The van der Waals surface area contributed by atoms with Gasteiger partial charge in [0.15, 0.2) is 0 Å². The SMILES string of the molecule is COc1ccc(C(=O)Nc2c(-c3ccccc3F)nc3ccc(C)cn23)cc1. The number of rotatable bonds is 4. The third kappa shape index (κ3) is 3.20. The molecule has 2 heterocycles. The molecule has 0 atom stereocenters. The van der Waals surface area contributed by atoms with Gasteiger partial charge in [-0.25, -0.2) is 9.37 Å². The Balaban J connectivity index is 1.82. The van der Waals surface area contributed by atoms with Crippen LogP contribution in [0.25, 0.3) is 16.9 Å². The van der Waals surface area contributed by atoms with Gasteiger partial charge in [0.2, 0.25) is 0 Å². The topological polar surface area (TPSA) is 55.6 Å². The van der Waals surface area contributed by atoms with E-state index in [2.05, 4.69) is 10.3 Å². The van der Waals surface area contributed by atoms with Gasteiger partial charge in [0.25, 0.3) is 5.91 Å². The standard InChI is InChI=1S/C22H18FN3O2/c1-14-7-12-19-24-20(17-5-3-4-6-18(17)23)21(26(19)13-14)25-22(27)15-8-10-16(28-2)11-9-15/h3-13H,1-2H3,(H,25,27). The monoisotopic (exact) mass is 375 g/mol. The normalized spacial score (nSPS) is 10.8. The number of carbonyl (C=O) groups excluding carboxylic acids is 1. The van der Waals surface area contributed by atoms with E-state index in [1.165, 1.54) is 6.07 Å². The summed E-state index contributed by atoms with van der Waals surface area (Å²) in [7, 11) is 1.57. The lowest BCUT2D eigenvalue weighted by Crippen LogP contribution is -2.14. The van der Waals surface area contributed by atoms with E-state index < -0.39 is 5.82 Å². The molecule has 0 saturated heterocycles. The molecule has 5 nitrogen and oxygen atoms in total. The lowest BCUT2D eigenvalue weighted by Gasteiger charge is -2.09. The molecule has 2 aromatic carbocycles. The maximum atomic E-state index is 14.4. The maximum absolute atomic E-state index is 14.4. The second-order valence-corrected chi connectivity index (χ2v) is 6.41. The Morgan fingerprint density at radius 3 is 2.54 bits per heavy atom. The van der Waals surface area contributed by atoms with E-state index in [1.54, 1.807) is 54.0 Å². The molecule has 0 spiro atoms. The van der Waals surface area contributed by atoms with Crippen molar-refractivity contribution in [3.63, 3.8) is 0 Å². The molecular weight excluding hydrogens is 357 g/mol. The van der Waals surface area contributed by atoms with Crippen LogP contribution in [0.4, 0.5) is 10.2 Å². The van der Waals surface area contributed by atoms with Crippen molar-refractivity contribution < 1.29 is 13.9 Å². The first-order chi connectivity index (χ1) is 13.6. The van der Waals surface area contributed by atoms with Gasteiger partial charge in [-0.2, -0.15) is 0 Å². The zero-order chi connectivity index (χ0) is 19.7. The van der Waals surface area contributed by atoms with E-state index in [1.807, 2.05) is 25.3 Å². The van der Waals surface area contributed by atoms with Gasteiger partial charge in [-0.15, -0.1) is 0 Å². The quantitative estimate of drug-likeness (QED) is 0.562. The fraction of sp³-hybridized carbons (Fsp3) is 0.0909. The highest BCUT2D eigenvalue weighted by molar-refractivity contribution is 6.05. The van der Waals surface area contributed by atoms with Crippen molar-refractivity contribution in [2.24, 2.45) is 0 Å². The summed E-state index contributed by atoms with van der Waals surface area (Å²) in [6, 6.07) is 16.9. The number of nitrogens with zero attached hydrogens (tertiary/aromatic N) is 2. The van der Waals surface area contributed by atoms with Gasteiger partial charge in [0.05, 0.1) is 7.11 Å². The molecule has 0 aliphatic heterocycles. The first-order valence-electron chi connectivity index (χ1n) is 8.76. The molecule has 1 amide bonds. The first-order valence-corrected chi connectivity index (χ1v) is 8.76. The number of anilines is 1. The van der Waals surface area contributed by atoms with Crippen molar-refractivity contribution in [1.82, 2.24) is 9.38 Å². The molecule has 0 aliphatic rings. The van der Waals surface area contributed by atoms with Crippen molar-refractivity contribution in [3.05, 3.63) is 83.8 Å². The number of hydrogen-bond donors (Lipinski definition) is 1. The summed E-state index contributed by atoms with van der Waals surface area (Å²) in [5.41, 5.74) is 2.78. The molecule has 0 radical (unpaired) electrons. The minimum atomic E-state index is -0.400. The number of pyridine rings is 1. The number of benzene rings is 2. The zero-order valence-electron chi connectivity index (χ0n) is 15.4. The molecule has 0 fully saturated rings. The average Bonchev–Trinajstić information content (AvgIpc) is 3.05. The summed E-state index contributed by atoms with van der Waals surface area (Å²) >= 11 is 0. The van der Waals surface area contributed by atoms with Crippen LogP contribution in [-0.4, -0.2) is 22.4 Å². The number of hydrogen-bond acceptors (Lipinski definition) is 3. The fourth-order valence-corrected chi connectivity index (χ4v) is 3.03. The van der Waals surface area contributed by atoms with Crippen LogP contribution in [0.1, 0.15) is 15.9 Å². The van der Waals surface area contributed by atoms with E-state index in [9.17, 15) is 9.18 Å². The lowest BCUT2D eigenvalue weighted by molar-refractivity contribution is 0.102. The van der Waals surface area contributed by atoms with Crippen molar-refractivity contribution >= 4 is 17.4 Å². The van der Waals surface area contributed by atoms with Gasteiger partial charge in [-0.1, -0.05) is 18.2 Å². The summed E-state index contributed by atoms with van der Waals surface area (Å²) in [4.78, 5) is 17.4. The molecule has 1 N–H and O–H groups in total. The van der Waals surface area contributed by atoms with Crippen molar-refractivity contribution in [2.75, 3.05) is 12.4 Å². The van der Waals surface area contributed by atoms with Crippen LogP contribution < -0.4 is 10.1 Å². The third-order valence-corrected chi connectivity index (χ3v) is 4.48. The largest absolute Gasteiger partial charge is 0.497 e. The highest BCUT2D eigenvalue weighted by Crippen LogP contribution is 2.31. The van der Waals surface area contributed by atoms with Gasteiger partial charge < -0.3 is 10.1 Å². The number of nitrogens with one attached hydrogen (secondary N) is 1. The average molecular weight is 375 g/mol. The van der Waals surface area contributed by atoms with Gasteiger partial charge in [-0.05, 0) is 55.0 Å². The van der Waals surface area contributed by atoms with Crippen molar-refractivity contribution in [2.45, 2.75) is 6.92 Å². The van der Waals surface area contributed by atoms with Crippen LogP contribution in [-0.2, 0) is 0 Å². The summed E-state index contributed by atoms with van der Waals surface area (Å²) in [6.07, 6.45) is 1.86. The molecule has 28 heavy (non-hydrogen) atoms. The molecular formula is C22H18FN3O2. The number of amides is 1. The van der Waals surface area contributed by atoms with E-state index in [4.69, 9.17) is 4.74 Å². The maximum Gasteiger partial charge on any atom is 0.256 e. The van der Waals surface area contributed by atoms with Crippen LogP contribution in [0.3, 0.4) is 0 Å². The minimum Gasteiger partial charge on any atom is -0.497 e. The Kier molecular flexibility index (Phi) is 4.53. The highest BCUT2D eigenvalue weighted by atomic mass is 19.1. The van der Waals surface area contributed by atoms with Gasteiger partial charge in [0, 0.05) is 17.3 Å². The van der Waals surface area contributed by atoms with Gasteiger partial charge in [-0.3, -0.25) is 9.20 Å². The summed E-state index contributed by atoms with van der Waals surface area (Å²) < 4.78 is 21.3. The number of imidazole rings is 1. The Labute approximate surface area is 161 Å². The Morgan fingerprint density at radius 1 is 1.07 bits per heavy atom. The summed E-state index contributed by atoms with van der Waals surface area (Å²) in [5.74, 6) is 0.366. The predicted octanol–water partition coefficient (Wildman–Crippen LogP) is 4.71. The number of aromatic nitrogens is 2. The third-order valence-electron chi connectivity index (χ3n) is 4.48. The minimum absolute atomic E-state index is 0.316. The molecule has 0 aliphatic carbocycles. The fourth-order valence-electron chi connectivity index (χ4n) is 3.03. The summed E-state index contributed by atoms with van der Waals surface area (Å²) in [6.45, 7) is 1.94. The molecule has 140 valence electrons. The van der Waals surface area contributed by atoms with E-state index >= 15 is 0 Å². The van der Waals surface area contributed by atoms with Crippen LogP contribution in [0.5, 0.6) is 5.75 Å². The molecule has 4 rings (SSSR count). The second kappa shape index (κ2) is 7.15. The first kappa shape index (κ1) is 17.7. The predicted molar refractivity (Wildman–Crippen MR) is 106 cm³/mol. The second-order valence-electron chi connectivity index (χ2n) is 6.41. The van der Waals surface area contributed by atoms with E-state index in [-0.39, 0.29) is 5.91 Å². The van der Waals surface area contributed by atoms with Crippen LogP contribution in [0, 0.1) is 12.7 Å². The van der Waals surface area contributed by atoms with E-state index in [0.29, 0.717) is 34.0 Å². The molecule has 0 saturated carbocycles. The Hall–Kier alpha value is -3.67. The van der Waals surface area contributed by atoms with Crippen molar-refractivity contribution in [1.29, 1.82) is 0 Å². The zero-order valence-corrected chi connectivity index (χ0v) is 15.4.